The van der Waals surface area contributed by atoms with Gasteiger partial charge >= 0.3 is 5.97 Å². The van der Waals surface area contributed by atoms with Crippen LogP contribution in [0.25, 0.3) is 0 Å². The number of thiophene rings is 1. The SMILES string of the molecule is COC(=O)c1c(NC(=O)c2cc(C)ccc2C)sc2c1CC(C)(C)[NH2+]C2(C)C. The summed E-state index contributed by atoms with van der Waals surface area (Å²) in [6.45, 7) is 12.5. The lowest BCUT2D eigenvalue weighted by Gasteiger charge is -2.38. The molecule has 3 N–H and O–H groups in total. The number of fused-ring (bicyclic) bond motifs is 1. The number of carbonyl (C=O) groups is 2. The van der Waals surface area contributed by atoms with E-state index in [1.165, 1.54) is 18.4 Å². The quantitative estimate of drug-likeness (QED) is 0.773. The molecule has 1 aromatic heterocycles. The molecule has 0 aliphatic carbocycles. The van der Waals surface area contributed by atoms with E-state index in [9.17, 15) is 9.59 Å². The number of esters is 1. The third kappa shape index (κ3) is 3.71. The number of ether oxygens (including phenoxy) is 1. The van der Waals surface area contributed by atoms with Crippen LogP contribution in [0.4, 0.5) is 5.00 Å². The van der Waals surface area contributed by atoms with Crippen molar-refractivity contribution in [1.82, 2.24) is 0 Å². The molecule has 28 heavy (non-hydrogen) atoms. The van der Waals surface area contributed by atoms with Crippen molar-refractivity contribution in [1.29, 1.82) is 0 Å². The van der Waals surface area contributed by atoms with Crippen LogP contribution in [0.2, 0.25) is 0 Å². The van der Waals surface area contributed by atoms with E-state index in [-0.39, 0.29) is 17.0 Å². The van der Waals surface area contributed by atoms with Gasteiger partial charge in [-0.1, -0.05) is 17.7 Å². The van der Waals surface area contributed by atoms with Crippen molar-refractivity contribution in [2.24, 2.45) is 0 Å². The highest BCUT2D eigenvalue weighted by molar-refractivity contribution is 7.17. The maximum absolute atomic E-state index is 13.0. The minimum atomic E-state index is -0.401. The van der Waals surface area contributed by atoms with Gasteiger partial charge in [0.2, 0.25) is 0 Å². The second-order valence-corrected chi connectivity index (χ2v) is 9.93. The molecule has 0 saturated carbocycles. The first kappa shape index (κ1) is 20.6. The van der Waals surface area contributed by atoms with Gasteiger partial charge in [0.15, 0.2) is 0 Å². The van der Waals surface area contributed by atoms with Crippen molar-refractivity contribution in [3.05, 3.63) is 50.9 Å². The summed E-state index contributed by atoms with van der Waals surface area (Å²) in [7, 11) is 1.38. The average Bonchev–Trinajstić information content (AvgIpc) is 2.93. The number of amides is 1. The lowest BCUT2D eigenvalue weighted by atomic mass is 9.81. The summed E-state index contributed by atoms with van der Waals surface area (Å²) in [5, 5.41) is 5.90. The first-order valence-corrected chi connectivity index (χ1v) is 10.3. The number of quaternary nitrogens is 1. The van der Waals surface area contributed by atoms with Crippen LogP contribution in [-0.2, 0) is 16.7 Å². The number of carbonyl (C=O) groups excluding carboxylic acids is 2. The Morgan fingerprint density at radius 2 is 1.86 bits per heavy atom. The summed E-state index contributed by atoms with van der Waals surface area (Å²) < 4.78 is 5.07. The maximum Gasteiger partial charge on any atom is 0.341 e. The van der Waals surface area contributed by atoms with Gasteiger partial charge in [-0.05, 0) is 58.7 Å². The van der Waals surface area contributed by atoms with E-state index < -0.39 is 5.97 Å². The van der Waals surface area contributed by atoms with Crippen molar-refractivity contribution >= 4 is 28.2 Å². The molecule has 0 unspecified atom stereocenters. The highest BCUT2D eigenvalue weighted by Crippen LogP contribution is 2.42. The van der Waals surface area contributed by atoms with Crippen molar-refractivity contribution in [2.45, 2.75) is 59.0 Å². The number of hydrogen-bond acceptors (Lipinski definition) is 4. The first-order valence-electron chi connectivity index (χ1n) is 9.45. The van der Waals surface area contributed by atoms with Crippen LogP contribution < -0.4 is 10.6 Å². The van der Waals surface area contributed by atoms with Gasteiger partial charge in [0.05, 0.1) is 23.1 Å². The molecule has 1 aliphatic heterocycles. The van der Waals surface area contributed by atoms with E-state index in [0.717, 1.165) is 28.0 Å². The third-order valence-electron chi connectivity index (χ3n) is 5.23. The molecule has 0 atom stereocenters. The summed E-state index contributed by atoms with van der Waals surface area (Å²) in [5.41, 5.74) is 3.79. The van der Waals surface area contributed by atoms with Gasteiger partial charge < -0.3 is 15.4 Å². The topological polar surface area (TPSA) is 72.0 Å². The van der Waals surface area contributed by atoms with Crippen LogP contribution in [0.5, 0.6) is 0 Å². The third-order valence-corrected chi connectivity index (χ3v) is 6.72. The second kappa shape index (κ2) is 7.01. The molecule has 2 aromatic rings. The van der Waals surface area contributed by atoms with Crippen LogP contribution in [-0.4, -0.2) is 24.5 Å². The minimum Gasteiger partial charge on any atom is -0.465 e. The van der Waals surface area contributed by atoms with Crippen molar-refractivity contribution in [2.75, 3.05) is 12.4 Å². The monoisotopic (exact) mass is 401 g/mol. The van der Waals surface area contributed by atoms with Crippen molar-refractivity contribution in [3.63, 3.8) is 0 Å². The standard InChI is InChI=1S/C22H28N2O3S/c1-12-8-9-13(2)14(10-12)18(25)23-19-16(20(26)27-7)15-11-21(3,4)24-22(5,6)17(15)28-19/h8-10,24H,11H2,1-7H3,(H,23,25)/p+1. The van der Waals surface area contributed by atoms with Gasteiger partial charge in [-0.2, -0.15) is 0 Å². The molecule has 0 fully saturated rings. The number of benzene rings is 1. The number of nitrogens with one attached hydrogen (secondary N) is 1. The zero-order chi connectivity index (χ0) is 20.9. The summed E-state index contributed by atoms with van der Waals surface area (Å²) in [6, 6.07) is 5.79. The molecule has 1 aromatic carbocycles. The molecule has 3 rings (SSSR count). The fraction of sp³-hybridized carbons (Fsp3) is 0.455. The molecular weight excluding hydrogens is 372 g/mol. The van der Waals surface area contributed by atoms with Crippen molar-refractivity contribution in [3.8, 4) is 0 Å². The van der Waals surface area contributed by atoms with E-state index in [1.54, 1.807) is 0 Å². The fourth-order valence-corrected chi connectivity index (χ4v) is 5.54. The smallest absolute Gasteiger partial charge is 0.341 e. The highest BCUT2D eigenvalue weighted by Gasteiger charge is 2.45. The lowest BCUT2D eigenvalue weighted by molar-refractivity contribution is -0.789. The molecule has 6 heteroatoms. The van der Waals surface area contributed by atoms with Gasteiger partial charge in [0.25, 0.3) is 5.91 Å². The largest absolute Gasteiger partial charge is 0.465 e. The minimum absolute atomic E-state index is 0.0469. The number of hydrogen-bond donors (Lipinski definition) is 2. The summed E-state index contributed by atoms with van der Waals surface area (Å²) in [4.78, 5) is 26.8. The van der Waals surface area contributed by atoms with Gasteiger partial charge in [-0.25, -0.2) is 4.79 Å². The Morgan fingerprint density at radius 1 is 1.18 bits per heavy atom. The van der Waals surface area contributed by atoms with Gasteiger partial charge in [0.1, 0.15) is 10.5 Å². The zero-order valence-corrected chi connectivity index (χ0v) is 18.5. The van der Waals surface area contributed by atoms with Crippen LogP contribution in [0, 0.1) is 13.8 Å². The van der Waals surface area contributed by atoms with E-state index >= 15 is 0 Å². The molecule has 150 valence electrons. The van der Waals surface area contributed by atoms with E-state index in [4.69, 9.17) is 4.74 Å². The Labute approximate surface area is 170 Å². The predicted octanol–water partition coefficient (Wildman–Crippen LogP) is 3.54. The van der Waals surface area contributed by atoms with Gasteiger partial charge in [-0.15, -0.1) is 11.3 Å². The molecule has 1 aliphatic rings. The Kier molecular flexibility index (Phi) is 5.15. The predicted molar refractivity (Wildman–Crippen MR) is 112 cm³/mol. The Morgan fingerprint density at radius 3 is 2.50 bits per heavy atom. The molecule has 0 saturated heterocycles. The zero-order valence-electron chi connectivity index (χ0n) is 17.6. The molecule has 0 bridgehead atoms. The molecule has 5 nitrogen and oxygen atoms in total. The van der Waals surface area contributed by atoms with Crippen molar-refractivity contribution < 1.29 is 19.6 Å². The van der Waals surface area contributed by atoms with E-state index in [1.807, 2.05) is 32.0 Å². The second-order valence-electron chi connectivity index (χ2n) is 8.91. The van der Waals surface area contributed by atoms with Crippen LogP contribution in [0.15, 0.2) is 18.2 Å². The summed E-state index contributed by atoms with van der Waals surface area (Å²) >= 11 is 1.48. The maximum atomic E-state index is 13.0. The molecule has 2 heterocycles. The van der Waals surface area contributed by atoms with Crippen LogP contribution in [0.3, 0.4) is 0 Å². The number of nitrogens with two attached hydrogens (primary N) is 1. The Hall–Kier alpha value is -2.18. The number of anilines is 1. The normalized spacial score (nSPS) is 17.0. The Bertz CT molecular complexity index is 957. The van der Waals surface area contributed by atoms with Crippen LogP contribution in [0.1, 0.15) is 70.0 Å². The number of rotatable bonds is 3. The summed E-state index contributed by atoms with van der Waals surface area (Å²) in [5.74, 6) is -0.603. The molecular formula is C22H29N2O3S+. The first-order chi connectivity index (χ1) is 12.9. The Balaban J connectivity index is 2.09. The molecule has 1 amide bonds. The number of aryl methyl sites for hydroxylation is 2. The fourth-order valence-electron chi connectivity index (χ4n) is 4.26. The molecule has 0 radical (unpaired) electrons. The van der Waals surface area contributed by atoms with Crippen LogP contribution >= 0.6 is 11.3 Å². The lowest BCUT2D eigenvalue weighted by Crippen LogP contribution is -3.03. The summed E-state index contributed by atoms with van der Waals surface area (Å²) in [6.07, 6.45) is 0.742. The number of methoxy groups -OCH3 is 1. The molecule has 0 spiro atoms. The van der Waals surface area contributed by atoms with Gasteiger partial charge in [0, 0.05) is 12.0 Å². The highest BCUT2D eigenvalue weighted by atomic mass is 32.1. The van der Waals surface area contributed by atoms with E-state index in [2.05, 4.69) is 38.3 Å². The average molecular weight is 402 g/mol. The van der Waals surface area contributed by atoms with Gasteiger partial charge in [-0.3, -0.25) is 4.79 Å². The van der Waals surface area contributed by atoms with E-state index in [0.29, 0.717) is 16.1 Å².